The second kappa shape index (κ2) is 4.33. The Morgan fingerprint density at radius 1 is 1.17 bits per heavy atom. The van der Waals surface area contributed by atoms with Crippen molar-refractivity contribution in [2.75, 3.05) is 5.73 Å². The molecule has 0 aliphatic rings. The lowest BCUT2D eigenvalue weighted by atomic mass is 10.1. The molecule has 0 spiro atoms. The van der Waals surface area contributed by atoms with E-state index in [1.807, 2.05) is 11.4 Å². The summed E-state index contributed by atoms with van der Waals surface area (Å²) >= 11 is 5.00. The van der Waals surface area contributed by atoms with E-state index >= 15 is 0 Å². The molecule has 2 nitrogen and oxygen atoms in total. The van der Waals surface area contributed by atoms with Gasteiger partial charge in [-0.15, -0.1) is 11.3 Å². The number of fused-ring (bicyclic) bond motifs is 1. The summed E-state index contributed by atoms with van der Waals surface area (Å²) in [4.78, 5) is 4.28. The van der Waals surface area contributed by atoms with Crippen molar-refractivity contribution in [2.24, 2.45) is 0 Å². The van der Waals surface area contributed by atoms with Gasteiger partial charge in [0.2, 0.25) is 0 Å². The van der Waals surface area contributed by atoms with Crippen LogP contribution < -0.4 is 5.73 Å². The topological polar surface area (TPSA) is 38.9 Å². The standard InChI is InChI=1S/C13H8BrFN2S/c14-12-9-5-6-18-11(9)10(13(16)17-12)7-1-3-8(15)4-2-7/h1-6H,(H2,16,17). The molecule has 3 rings (SSSR count). The Balaban J connectivity index is 2.34. The van der Waals surface area contributed by atoms with Gasteiger partial charge < -0.3 is 5.73 Å². The van der Waals surface area contributed by atoms with Crippen molar-refractivity contribution in [1.82, 2.24) is 4.98 Å². The van der Waals surface area contributed by atoms with Gasteiger partial charge in [-0.2, -0.15) is 0 Å². The zero-order valence-corrected chi connectivity index (χ0v) is 11.6. The number of nitrogens with two attached hydrogens (primary N) is 1. The Bertz CT molecular complexity index is 722. The van der Waals surface area contributed by atoms with Crippen LogP contribution in [0.5, 0.6) is 0 Å². The quantitative estimate of drug-likeness (QED) is 0.672. The lowest BCUT2D eigenvalue weighted by Crippen LogP contribution is -1.95. The van der Waals surface area contributed by atoms with Gasteiger partial charge in [0.25, 0.3) is 0 Å². The smallest absolute Gasteiger partial charge is 0.134 e. The van der Waals surface area contributed by atoms with Crippen molar-refractivity contribution in [3.63, 3.8) is 0 Å². The van der Waals surface area contributed by atoms with Crippen molar-refractivity contribution in [2.45, 2.75) is 0 Å². The highest BCUT2D eigenvalue weighted by Crippen LogP contribution is 2.39. The van der Waals surface area contributed by atoms with E-state index in [1.54, 1.807) is 23.5 Å². The molecule has 18 heavy (non-hydrogen) atoms. The highest BCUT2D eigenvalue weighted by Gasteiger charge is 2.13. The summed E-state index contributed by atoms with van der Waals surface area (Å²) in [5.74, 6) is 0.188. The maximum Gasteiger partial charge on any atom is 0.134 e. The minimum absolute atomic E-state index is 0.259. The summed E-state index contributed by atoms with van der Waals surface area (Å²) in [5.41, 5.74) is 7.73. The number of anilines is 1. The lowest BCUT2D eigenvalue weighted by molar-refractivity contribution is 0.628. The number of thiophene rings is 1. The number of halogens is 2. The molecule has 0 aliphatic carbocycles. The van der Waals surface area contributed by atoms with Crippen LogP contribution in [0.4, 0.5) is 10.2 Å². The molecule has 2 aromatic heterocycles. The average molecular weight is 323 g/mol. The van der Waals surface area contributed by atoms with E-state index in [0.29, 0.717) is 5.82 Å². The minimum atomic E-state index is -0.259. The predicted molar refractivity (Wildman–Crippen MR) is 77.1 cm³/mol. The van der Waals surface area contributed by atoms with E-state index in [-0.39, 0.29) is 5.82 Å². The number of aromatic nitrogens is 1. The Labute approximate surface area is 115 Å². The van der Waals surface area contributed by atoms with Crippen LogP contribution in [-0.2, 0) is 0 Å². The average Bonchev–Trinajstić information content (AvgIpc) is 2.81. The second-order valence-corrected chi connectivity index (χ2v) is 5.50. The Morgan fingerprint density at radius 3 is 2.61 bits per heavy atom. The van der Waals surface area contributed by atoms with Gasteiger partial charge in [0, 0.05) is 15.6 Å². The zero-order chi connectivity index (χ0) is 12.7. The number of nitrogen functional groups attached to an aromatic ring is 1. The number of hydrogen-bond donors (Lipinski definition) is 1. The minimum Gasteiger partial charge on any atom is -0.383 e. The van der Waals surface area contributed by atoms with Crippen molar-refractivity contribution < 1.29 is 4.39 Å². The van der Waals surface area contributed by atoms with Crippen LogP contribution in [0.1, 0.15) is 0 Å². The number of nitrogens with zero attached hydrogens (tertiary/aromatic N) is 1. The fraction of sp³-hybridized carbons (Fsp3) is 0. The molecule has 90 valence electrons. The summed E-state index contributed by atoms with van der Waals surface area (Å²) in [7, 11) is 0. The number of rotatable bonds is 1. The van der Waals surface area contributed by atoms with Crippen molar-refractivity contribution in [3.8, 4) is 11.1 Å². The molecule has 0 amide bonds. The molecular weight excluding hydrogens is 315 g/mol. The number of benzene rings is 1. The van der Waals surface area contributed by atoms with Gasteiger partial charge >= 0.3 is 0 Å². The van der Waals surface area contributed by atoms with Crippen LogP contribution in [-0.4, -0.2) is 4.98 Å². The van der Waals surface area contributed by atoms with E-state index in [2.05, 4.69) is 20.9 Å². The first-order valence-corrected chi connectivity index (χ1v) is 6.92. The molecule has 2 N–H and O–H groups in total. The predicted octanol–water partition coefficient (Wildman–Crippen LogP) is 4.45. The molecule has 5 heteroatoms. The van der Waals surface area contributed by atoms with E-state index < -0.39 is 0 Å². The SMILES string of the molecule is Nc1nc(Br)c2ccsc2c1-c1ccc(F)cc1. The molecule has 0 unspecified atom stereocenters. The lowest BCUT2D eigenvalue weighted by Gasteiger charge is -2.08. The summed E-state index contributed by atoms with van der Waals surface area (Å²) < 4.78 is 14.8. The molecule has 0 atom stereocenters. The van der Waals surface area contributed by atoms with Crippen molar-refractivity contribution in [1.29, 1.82) is 0 Å². The van der Waals surface area contributed by atoms with E-state index in [9.17, 15) is 4.39 Å². The van der Waals surface area contributed by atoms with Crippen LogP contribution in [0.3, 0.4) is 0 Å². The fourth-order valence-corrected chi connectivity index (χ4v) is 3.52. The van der Waals surface area contributed by atoms with Crippen LogP contribution >= 0.6 is 27.3 Å². The third-order valence-corrected chi connectivity index (χ3v) is 4.26. The molecule has 0 saturated carbocycles. The van der Waals surface area contributed by atoms with Gasteiger partial charge in [-0.05, 0) is 45.1 Å². The van der Waals surface area contributed by atoms with Gasteiger partial charge in [0.15, 0.2) is 0 Å². The Morgan fingerprint density at radius 2 is 1.89 bits per heavy atom. The first-order valence-electron chi connectivity index (χ1n) is 5.25. The normalized spacial score (nSPS) is 11.0. The molecule has 0 radical (unpaired) electrons. The van der Waals surface area contributed by atoms with Crippen molar-refractivity contribution >= 4 is 43.2 Å². The first kappa shape index (κ1) is 11.6. The largest absolute Gasteiger partial charge is 0.383 e. The maximum atomic E-state index is 13.0. The van der Waals surface area contributed by atoms with Gasteiger partial charge in [0.05, 0.1) is 0 Å². The third-order valence-electron chi connectivity index (χ3n) is 2.72. The first-order chi connectivity index (χ1) is 8.66. The second-order valence-electron chi connectivity index (χ2n) is 3.83. The molecule has 1 aromatic carbocycles. The van der Waals surface area contributed by atoms with E-state index in [4.69, 9.17) is 5.73 Å². The molecule has 2 heterocycles. The van der Waals surface area contributed by atoms with Crippen LogP contribution in [0.15, 0.2) is 40.3 Å². The summed E-state index contributed by atoms with van der Waals surface area (Å²) in [6.45, 7) is 0. The van der Waals surface area contributed by atoms with E-state index in [0.717, 1.165) is 25.8 Å². The van der Waals surface area contributed by atoms with Gasteiger partial charge in [0.1, 0.15) is 16.2 Å². The summed E-state index contributed by atoms with van der Waals surface area (Å²) in [6, 6.07) is 8.28. The van der Waals surface area contributed by atoms with Gasteiger partial charge in [-0.1, -0.05) is 12.1 Å². The van der Waals surface area contributed by atoms with Crippen molar-refractivity contribution in [3.05, 3.63) is 46.1 Å². The highest BCUT2D eigenvalue weighted by atomic mass is 79.9. The number of hydrogen-bond acceptors (Lipinski definition) is 3. The molecule has 0 aliphatic heterocycles. The van der Waals surface area contributed by atoms with Gasteiger partial charge in [-0.25, -0.2) is 9.37 Å². The molecule has 0 fully saturated rings. The van der Waals surface area contributed by atoms with Gasteiger partial charge in [-0.3, -0.25) is 0 Å². The molecule has 0 saturated heterocycles. The fourth-order valence-electron chi connectivity index (χ4n) is 1.90. The Hall–Kier alpha value is -1.46. The zero-order valence-electron chi connectivity index (χ0n) is 9.15. The molecule has 0 bridgehead atoms. The monoisotopic (exact) mass is 322 g/mol. The van der Waals surface area contributed by atoms with E-state index in [1.165, 1.54) is 12.1 Å². The molecule has 3 aromatic rings. The van der Waals surface area contributed by atoms with Crippen LogP contribution in [0, 0.1) is 5.82 Å². The third kappa shape index (κ3) is 1.79. The summed E-state index contributed by atoms with van der Waals surface area (Å²) in [5, 5.41) is 3.01. The number of pyridine rings is 1. The molecular formula is C13H8BrFN2S. The summed E-state index contributed by atoms with van der Waals surface area (Å²) in [6.07, 6.45) is 0. The van der Waals surface area contributed by atoms with Crippen LogP contribution in [0.25, 0.3) is 21.2 Å². The Kier molecular flexibility index (Phi) is 2.80. The maximum absolute atomic E-state index is 13.0. The van der Waals surface area contributed by atoms with Crippen LogP contribution in [0.2, 0.25) is 0 Å². The highest BCUT2D eigenvalue weighted by molar-refractivity contribution is 9.10.